The van der Waals surface area contributed by atoms with Crippen LogP contribution >= 0.6 is 15.6 Å². The fourth-order valence-electron chi connectivity index (χ4n) is 13.9. The highest BCUT2D eigenvalue weighted by Gasteiger charge is 2.31. The zero-order valence-corrected chi connectivity index (χ0v) is 73.1. The molecule has 108 heavy (non-hydrogen) atoms. The van der Waals surface area contributed by atoms with Gasteiger partial charge in [0.1, 0.15) is 19.3 Å². The van der Waals surface area contributed by atoms with Crippen LogP contribution < -0.4 is 0 Å². The van der Waals surface area contributed by atoms with Crippen molar-refractivity contribution in [2.24, 2.45) is 17.8 Å². The number of hydrogen-bond donors (Lipinski definition) is 3. The Hall–Kier alpha value is -1.94. The second-order valence-electron chi connectivity index (χ2n) is 33.4. The minimum Gasteiger partial charge on any atom is -0.462 e. The molecule has 2 unspecified atom stereocenters. The van der Waals surface area contributed by atoms with E-state index < -0.39 is 97.5 Å². The van der Waals surface area contributed by atoms with Crippen LogP contribution in [0.4, 0.5) is 0 Å². The van der Waals surface area contributed by atoms with Gasteiger partial charge in [0, 0.05) is 25.7 Å². The topological polar surface area (TPSA) is 237 Å². The normalized spacial score (nSPS) is 13.8. The zero-order chi connectivity index (χ0) is 79.3. The van der Waals surface area contributed by atoms with Gasteiger partial charge < -0.3 is 33.8 Å². The van der Waals surface area contributed by atoms with Gasteiger partial charge in [-0.15, -0.1) is 0 Å². The van der Waals surface area contributed by atoms with E-state index in [0.29, 0.717) is 31.6 Å². The average molecular weight is 1580 g/mol. The standard InChI is InChI=1S/C89H174O17P2/c1-8-9-10-11-12-13-14-15-16-17-18-19-23-28-33-38-43-48-56-63-70-86(91)99-76-84(105-88(93)72-65-58-49-44-39-34-29-24-21-20-22-26-31-36-41-46-53-60-67-80(2)3)78-103-107(95,96)101-74-83(90)75-102-108(97,98)104-79-85(77-100-87(92)71-64-57-52-51-55-62-69-82(6)7)106-89(94)73-66-59-50-45-40-35-30-25-27-32-37-42-47-54-61-68-81(4)5/h80-85,90H,8-79H2,1-7H3,(H,95,96)(H,97,98)/t83-,84-,85-/m1/s1. The van der Waals surface area contributed by atoms with Crippen LogP contribution in [-0.2, 0) is 65.4 Å². The van der Waals surface area contributed by atoms with Crippen molar-refractivity contribution < 1.29 is 80.2 Å². The predicted octanol–water partition coefficient (Wildman–Crippen LogP) is 27.3. The summed E-state index contributed by atoms with van der Waals surface area (Å²) in [7, 11) is -9.93. The minimum absolute atomic E-state index is 0.107. The van der Waals surface area contributed by atoms with Gasteiger partial charge in [-0.1, -0.05) is 421 Å². The largest absolute Gasteiger partial charge is 0.472 e. The molecular formula is C89H174O17P2. The number of esters is 4. The molecular weight excluding hydrogens is 1400 g/mol. The lowest BCUT2D eigenvalue weighted by Crippen LogP contribution is -2.30. The highest BCUT2D eigenvalue weighted by molar-refractivity contribution is 7.47. The number of phosphoric acid groups is 2. The molecule has 0 aliphatic rings. The van der Waals surface area contributed by atoms with Gasteiger partial charge in [-0.2, -0.15) is 0 Å². The van der Waals surface area contributed by atoms with E-state index in [4.69, 9.17) is 37.0 Å². The van der Waals surface area contributed by atoms with Gasteiger partial charge in [0.05, 0.1) is 26.4 Å². The summed E-state index contributed by atoms with van der Waals surface area (Å²) in [4.78, 5) is 73.3. The van der Waals surface area contributed by atoms with E-state index in [-0.39, 0.29) is 25.7 Å². The van der Waals surface area contributed by atoms with E-state index in [1.165, 1.54) is 276 Å². The lowest BCUT2D eigenvalue weighted by atomic mass is 10.0. The van der Waals surface area contributed by atoms with E-state index in [9.17, 15) is 43.2 Å². The van der Waals surface area contributed by atoms with Gasteiger partial charge in [0.2, 0.25) is 0 Å². The summed E-state index contributed by atoms with van der Waals surface area (Å²) in [5.74, 6) is 0.198. The van der Waals surface area contributed by atoms with Crippen molar-refractivity contribution in [3.8, 4) is 0 Å². The second-order valence-corrected chi connectivity index (χ2v) is 36.3. The Morgan fingerprint density at radius 2 is 0.426 bits per heavy atom. The number of aliphatic hydroxyl groups is 1. The van der Waals surface area contributed by atoms with E-state index in [1.807, 2.05) is 0 Å². The molecule has 0 saturated heterocycles. The maximum atomic E-state index is 13.2. The molecule has 0 fully saturated rings. The Balaban J connectivity index is 5.20. The summed E-state index contributed by atoms with van der Waals surface area (Å²) in [5, 5.41) is 10.7. The first kappa shape index (κ1) is 106. The Morgan fingerprint density at radius 1 is 0.250 bits per heavy atom. The highest BCUT2D eigenvalue weighted by atomic mass is 31.2. The van der Waals surface area contributed by atoms with Crippen molar-refractivity contribution >= 4 is 39.5 Å². The molecule has 5 atom stereocenters. The molecule has 0 bridgehead atoms. The number of rotatable bonds is 87. The van der Waals surface area contributed by atoms with Crippen molar-refractivity contribution in [1.82, 2.24) is 0 Å². The molecule has 0 saturated carbocycles. The molecule has 17 nitrogen and oxygen atoms in total. The molecule has 0 aromatic rings. The average Bonchev–Trinajstić information content (AvgIpc) is 0.901. The SMILES string of the molecule is CCCCCCCCCCCCCCCCCCCCCCC(=O)OC[C@H](COP(=O)(O)OC[C@@H](O)COP(=O)(O)OC[C@@H](COC(=O)CCCCCCCCC(C)C)OC(=O)CCCCCCCCCCCCCCCCCC(C)C)OC(=O)CCCCCCCCCCCCCCCCCCCCC(C)C. The molecule has 0 aromatic heterocycles. The van der Waals surface area contributed by atoms with Crippen molar-refractivity contribution in [2.75, 3.05) is 39.6 Å². The first-order chi connectivity index (χ1) is 52.2. The monoisotopic (exact) mass is 1580 g/mol. The number of carbonyl (C=O) groups excluding carboxylic acids is 4. The van der Waals surface area contributed by atoms with Crippen LogP contribution in [0, 0.1) is 17.8 Å². The van der Waals surface area contributed by atoms with E-state index in [0.717, 1.165) is 108 Å². The first-order valence-electron chi connectivity index (χ1n) is 45.8. The summed E-state index contributed by atoms with van der Waals surface area (Å²) >= 11 is 0. The Morgan fingerprint density at radius 3 is 0.630 bits per heavy atom. The van der Waals surface area contributed by atoms with E-state index in [1.54, 1.807) is 0 Å². The quantitative estimate of drug-likeness (QED) is 0.0222. The molecule has 0 amide bonds. The number of phosphoric ester groups is 2. The summed E-state index contributed by atoms with van der Waals surface area (Å²) in [6.07, 6.45) is 71.1. The molecule has 0 aliphatic carbocycles. The van der Waals surface area contributed by atoms with Gasteiger partial charge in [-0.25, -0.2) is 9.13 Å². The molecule has 0 aromatic carbocycles. The fraction of sp³-hybridized carbons (Fsp3) is 0.955. The van der Waals surface area contributed by atoms with Crippen LogP contribution in [0.5, 0.6) is 0 Å². The number of aliphatic hydroxyl groups excluding tert-OH is 1. The van der Waals surface area contributed by atoms with Crippen LogP contribution in [0.2, 0.25) is 0 Å². The van der Waals surface area contributed by atoms with Gasteiger partial charge in [-0.3, -0.25) is 37.3 Å². The second kappa shape index (κ2) is 78.9. The number of carbonyl (C=O) groups is 4. The number of hydrogen-bond acceptors (Lipinski definition) is 15. The third-order valence-electron chi connectivity index (χ3n) is 20.9. The van der Waals surface area contributed by atoms with Crippen LogP contribution in [0.3, 0.4) is 0 Å². The Kier molecular flexibility index (Phi) is 77.5. The molecule has 642 valence electrons. The molecule has 0 aliphatic heterocycles. The lowest BCUT2D eigenvalue weighted by molar-refractivity contribution is -0.161. The van der Waals surface area contributed by atoms with Crippen LogP contribution in [-0.4, -0.2) is 96.7 Å². The molecule has 0 spiro atoms. The maximum Gasteiger partial charge on any atom is 0.472 e. The first-order valence-corrected chi connectivity index (χ1v) is 48.8. The third kappa shape index (κ3) is 82.1. The zero-order valence-electron chi connectivity index (χ0n) is 71.3. The summed E-state index contributed by atoms with van der Waals surface area (Å²) < 4.78 is 68.9. The van der Waals surface area contributed by atoms with Crippen molar-refractivity contribution in [1.29, 1.82) is 0 Å². The van der Waals surface area contributed by atoms with Crippen LogP contribution in [0.1, 0.15) is 472 Å². The third-order valence-corrected chi connectivity index (χ3v) is 22.8. The molecule has 19 heteroatoms. The molecule has 0 rings (SSSR count). The Labute approximate surface area is 664 Å². The Bertz CT molecular complexity index is 2080. The van der Waals surface area contributed by atoms with Gasteiger partial charge in [0.25, 0.3) is 0 Å². The minimum atomic E-state index is -4.97. The smallest absolute Gasteiger partial charge is 0.462 e. The summed E-state index contributed by atoms with van der Waals surface area (Å²) in [6.45, 7) is 12.0. The van der Waals surface area contributed by atoms with E-state index in [2.05, 4.69) is 48.5 Å². The van der Waals surface area contributed by atoms with Crippen LogP contribution in [0.25, 0.3) is 0 Å². The maximum absolute atomic E-state index is 13.2. The number of unbranched alkanes of at least 4 members (excludes halogenated alkanes) is 55. The highest BCUT2D eigenvalue weighted by Crippen LogP contribution is 2.45. The van der Waals surface area contributed by atoms with Crippen LogP contribution in [0.15, 0.2) is 0 Å². The molecule has 3 N–H and O–H groups in total. The summed E-state index contributed by atoms with van der Waals surface area (Å²) in [5.41, 5.74) is 0. The number of ether oxygens (including phenoxy) is 4. The molecule has 0 heterocycles. The van der Waals surface area contributed by atoms with E-state index >= 15 is 0 Å². The summed E-state index contributed by atoms with van der Waals surface area (Å²) in [6, 6.07) is 0. The van der Waals surface area contributed by atoms with Gasteiger partial charge >= 0.3 is 39.5 Å². The lowest BCUT2D eigenvalue weighted by Gasteiger charge is -2.21. The van der Waals surface area contributed by atoms with Crippen molar-refractivity contribution in [2.45, 2.75) is 491 Å². The predicted molar refractivity (Wildman–Crippen MR) is 446 cm³/mol. The fourth-order valence-corrected chi connectivity index (χ4v) is 15.5. The van der Waals surface area contributed by atoms with Gasteiger partial charge in [-0.05, 0) is 43.4 Å². The van der Waals surface area contributed by atoms with Crippen molar-refractivity contribution in [3.63, 3.8) is 0 Å². The molecule has 0 radical (unpaired) electrons. The van der Waals surface area contributed by atoms with Crippen molar-refractivity contribution in [3.05, 3.63) is 0 Å². The van der Waals surface area contributed by atoms with Gasteiger partial charge in [0.15, 0.2) is 12.2 Å².